The Morgan fingerprint density at radius 3 is 2.59 bits per heavy atom. The van der Waals surface area contributed by atoms with E-state index in [0.717, 1.165) is 24.8 Å². The molecule has 2 aromatic carbocycles. The van der Waals surface area contributed by atoms with Crippen molar-refractivity contribution in [1.29, 1.82) is 0 Å². The Balaban J connectivity index is 1.51. The Morgan fingerprint density at radius 2 is 1.72 bits per heavy atom. The second-order valence-corrected chi connectivity index (χ2v) is 9.21. The van der Waals surface area contributed by atoms with Crippen LogP contribution in [0.2, 0.25) is 0 Å². The molecule has 5 rings (SSSR count). The van der Waals surface area contributed by atoms with E-state index in [1.807, 2.05) is 18.2 Å². The van der Waals surface area contributed by atoms with Gasteiger partial charge in [-0.3, -0.25) is 0 Å². The molecule has 0 amide bonds. The van der Waals surface area contributed by atoms with Crippen molar-refractivity contribution in [2.75, 3.05) is 19.8 Å². The first-order chi connectivity index (χ1) is 14.0. The van der Waals surface area contributed by atoms with Crippen LogP contribution in [0.1, 0.15) is 30.9 Å². The fourth-order valence-electron chi connectivity index (χ4n) is 4.06. The lowest BCUT2D eigenvalue weighted by Crippen LogP contribution is -2.30. The van der Waals surface area contributed by atoms with E-state index >= 15 is 0 Å². The molecule has 0 saturated carbocycles. The smallest absolute Gasteiger partial charge is 0.323 e. The van der Waals surface area contributed by atoms with E-state index in [9.17, 15) is 13.2 Å². The Hall–Kier alpha value is -2.78. The monoisotopic (exact) mass is 415 g/mol. The molecule has 2 aliphatic rings. The quantitative estimate of drug-likeness (QED) is 0.684. The zero-order chi connectivity index (χ0) is 20.0. The molecule has 0 radical (unpaired) electrons. The van der Waals surface area contributed by atoms with E-state index in [4.69, 9.17) is 9.47 Å². The minimum absolute atomic E-state index is 0.168. The molecule has 1 fully saturated rings. The summed E-state index contributed by atoms with van der Waals surface area (Å²) in [5.74, 6) is 1.36. The van der Waals surface area contributed by atoms with Crippen LogP contribution < -0.4 is 15.2 Å². The van der Waals surface area contributed by atoms with Crippen LogP contribution in [-0.2, 0) is 10.0 Å². The summed E-state index contributed by atoms with van der Waals surface area (Å²) in [6, 6.07) is 10.0. The standard InChI is InChI=1S/C20H21N3O5S/c24-20-21-15-6-5-14(12-16(15)22-20)29(25,26)23-8-1-3-17(23)13-4-7-18-19(11-13)28-10-2-9-27-18/h4-7,11-12,17H,1-3,8-10H2,(H2,21,22,24). The van der Waals surface area contributed by atoms with Crippen LogP contribution in [0.3, 0.4) is 0 Å². The van der Waals surface area contributed by atoms with Gasteiger partial charge in [0.25, 0.3) is 0 Å². The van der Waals surface area contributed by atoms with E-state index in [-0.39, 0.29) is 16.6 Å². The van der Waals surface area contributed by atoms with Gasteiger partial charge >= 0.3 is 5.69 Å². The van der Waals surface area contributed by atoms with Crippen LogP contribution in [0.25, 0.3) is 11.0 Å². The topological polar surface area (TPSA) is 104 Å². The number of aromatic amines is 2. The van der Waals surface area contributed by atoms with Gasteiger partial charge in [0.15, 0.2) is 11.5 Å². The number of sulfonamides is 1. The van der Waals surface area contributed by atoms with Gasteiger partial charge in [-0.05, 0) is 48.7 Å². The SMILES string of the molecule is O=c1[nH]c2ccc(S(=O)(=O)N3CCCC3c3ccc4c(c3)OCCCO4)cc2[nH]1. The molecule has 2 N–H and O–H groups in total. The van der Waals surface area contributed by atoms with Crippen LogP contribution in [0.4, 0.5) is 0 Å². The van der Waals surface area contributed by atoms with Crippen molar-refractivity contribution < 1.29 is 17.9 Å². The Morgan fingerprint density at radius 1 is 0.931 bits per heavy atom. The number of aromatic nitrogens is 2. The summed E-state index contributed by atoms with van der Waals surface area (Å²) in [4.78, 5) is 16.9. The van der Waals surface area contributed by atoms with Crippen LogP contribution in [0.5, 0.6) is 11.5 Å². The lowest BCUT2D eigenvalue weighted by atomic mass is 10.0. The highest BCUT2D eigenvalue weighted by molar-refractivity contribution is 7.89. The zero-order valence-electron chi connectivity index (χ0n) is 15.7. The fourth-order valence-corrected chi connectivity index (χ4v) is 5.76. The predicted molar refractivity (Wildman–Crippen MR) is 107 cm³/mol. The fraction of sp³-hybridized carbons (Fsp3) is 0.350. The van der Waals surface area contributed by atoms with Crippen LogP contribution in [0, 0.1) is 0 Å². The number of fused-ring (bicyclic) bond motifs is 2. The first kappa shape index (κ1) is 18.3. The van der Waals surface area contributed by atoms with Gasteiger partial charge < -0.3 is 19.4 Å². The number of rotatable bonds is 3. The lowest BCUT2D eigenvalue weighted by Gasteiger charge is -2.25. The third-order valence-electron chi connectivity index (χ3n) is 5.45. The molecule has 1 atom stereocenters. The number of benzene rings is 2. The van der Waals surface area contributed by atoms with E-state index in [1.165, 1.54) is 16.4 Å². The normalized spacial score (nSPS) is 20.1. The molecule has 2 aliphatic heterocycles. The second kappa shape index (κ2) is 6.93. The Bertz CT molecular complexity index is 1230. The number of nitrogens with one attached hydrogen (secondary N) is 2. The van der Waals surface area contributed by atoms with Crippen molar-refractivity contribution in [3.63, 3.8) is 0 Å². The van der Waals surface area contributed by atoms with Crippen molar-refractivity contribution in [2.24, 2.45) is 0 Å². The van der Waals surface area contributed by atoms with E-state index < -0.39 is 10.0 Å². The molecule has 3 aromatic rings. The minimum Gasteiger partial charge on any atom is -0.490 e. The van der Waals surface area contributed by atoms with Crippen molar-refractivity contribution >= 4 is 21.1 Å². The van der Waals surface area contributed by atoms with Gasteiger partial charge in [0.1, 0.15) is 0 Å². The summed E-state index contributed by atoms with van der Waals surface area (Å²) in [5.41, 5.74) is 1.59. The predicted octanol–water partition coefficient (Wildman–Crippen LogP) is 2.54. The molecule has 8 nitrogen and oxygen atoms in total. The maximum atomic E-state index is 13.4. The molecule has 0 bridgehead atoms. The highest BCUT2D eigenvalue weighted by atomic mass is 32.2. The van der Waals surface area contributed by atoms with Gasteiger partial charge in [-0.1, -0.05) is 6.07 Å². The maximum absolute atomic E-state index is 13.4. The van der Waals surface area contributed by atoms with E-state index in [1.54, 1.807) is 6.07 Å². The van der Waals surface area contributed by atoms with Crippen molar-refractivity contribution in [2.45, 2.75) is 30.2 Å². The summed E-state index contributed by atoms with van der Waals surface area (Å²) in [6.45, 7) is 1.64. The zero-order valence-corrected chi connectivity index (χ0v) is 16.5. The number of nitrogens with zero attached hydrogens (tertiary/aromatic N) is 1. The van der Waals surface area contributed by atoms with Gasteiger partial charge in [-0.15, -0.1) is 0 Å². The summed E-state index contributed by atoms with van der Waals surface area (Å²) in [6.07, 6.45) is 2.33. The molecule has 0 aliphatic carbocycles. The molecule has 9 heteroatoms. The highest BCUT2D eigenvalue weighted by Gasteiger charge is 2.36. The molecule has 1 aromatic heterocycles. The van der Waals surface area contributed by atoms with Gasteiger partial charge in [-0.2, -0.15) is 4.31 Å². The van der Waals surface area contributed by atoms with Gasteiger partial charge in [0.05, 0.1) is 35.2 Å². The summed E-state index contributed by atoms with van der Waals surface area (Å²) in [5, 5.41) is 0. The number of imidazole rings is 1. The van der Waals surface area contributed by atoms with Gasteiger partial charge in [-0.25, -0.2) is 13.2 Å². The van der Waals surface area contributed by atoms with E-state index in [0.29, 0.717) is 42.3 Å². The molecule has 0 spiro atoms. The molecule has 152 valence electrons. The molecule has 29 heavy (non-hydrogen) atoms. The summed E-state index contributed by atoms with van der Waals surface area (Å²) >= 11 is 0. The third kappa shape index (κ3) is 3.20. The first-order valence-electron chi connectivity index (χ1n) is 9.66. The van der Waals surface area contributed by atoms with E-state index in [2.05, 4.69) is 9.97 Å². The minimum atomic E-state index is -3.72. The summed E-state index contributed by atoms with van der Waals surface area (Å²) < 4.78 is 39.8. The average Bonchev–Trinajstić information content (AvgIpc) is 3.27. The average molecular weight is 415 g/mol. The first-order valence-corrected chi connectivity index (χ1v) is 11.1. The van der Waals surface area contributed by atoms with Crippen LogP contribution >= 0.6 is 0 Å². The number of H-pyrrole nitrogens is 2. The largest absolute Gasteiger partial charge is 0.490 e. The van der Waals surface area contributed by atoms with Crippen molar-refractivity contribution in [1.82, 2.24) is 14.3 Å². The second-order valence-electron chi connectivity index (χ2n) is 7.32. The van der Waals surface area contributed by atoms with Crippen molar-refractivity contribution in [3.8, 4) is 11.5 Å². The highest BCUT2D eigenvalue weighted by Crippen LogP contribution is 2.40. The van der Waals surface area contributed by atoms with Gasteiger partial charge in [0.2, 0.25) is 10.0 Å². The summed E-state index contributed by atoms with van der Waals surface area (Å²) in [7, 11) is -3.72. The number of hydrogen-bond acceptors (Lipinski definition) is 5. The van der Waals surface area contributed by atoms with Crippen molar-refractivity contribution in [3.05, 3.63) is 52.4 Å². The molecular formula is C20H21N3O5S. The van der Waals surface area contributed by atoms with Crippen LogP contribution in [-0.4, -0.2) is 42.4 Å². The molecule has 3 heterocycles. The lowest BCUT2D eigenvalue weighted by molar-refractivity contribution is 0.296. The third-order valence-corrected chi connectivity index (χ3v) is 7.36. The number of ether oxygens (including phenoxy) is 2. The molecule has 1 saturated heterocycles. The Labute approximate surface area is 167 Å². The number of hydrogen-bond donors (Lipinski definition) is 2. The molecular weight excluding hydrogens is 394 g/mol. The van der Waals surface area contributed by atoms with Gasteiger partial charge in [0, 0.05) is 13.0 Å². The maximum Gasteiger partial charge on any atom is 0.323 e. The molecule has 1 unspecified atom stereocenters. The van der Waals surface area contributed by atoms with Crippen LogP contribution in [0.15, 0.2) is 46.1 Å². The Kier molecular flexibility index (Phi) is 4.36.